The van der Waals surface area contributed by atoms with Crippen molar-refractivity contribution in [3.63, 3.8) is 0 Å². The van der Waals surface area contributed by atoms with Crippen molar-refractivity contribution in [2.75, 3.05) is 0 Å². The molecule has 0 aliphatic rings. The van der Waals surface area contributed by atoms with Crippen molar-refractivity contribution in [1.29, 1.82) is 0 Å². The summed E-state index contributed by atoms with van der Waals surface area (Å²) in [7, 11) is 0. The zero-order chi connectivity index (χ0) is 16.5. The van der Waals surface area contributed by atoms with E-state index in [1.54, 1.807) is 6.07 Å². The second-order valence-corrected chi connectivity index (χ2v) is 6.98. The van der Waals surface area contributed by atoms with Crippen LogP contribution in [0.25, 0.3) is 0 Å². The lowest BCUT2D eigenvalue weighted by Crippen LogP contribution is -3.00. The van der Waals surface area contributed by atoms with Gasteiger partial charge in [0.15, 0.2) is 18.9 Å². The Hall–Kier alpha value is -0.760. The van der Waals surface area contributed by atoms with Gasteiger partial charge in [0.25, 0.3) is 0 Å². The van der Waals surface area contributed by atoms with Gasteiger partial charge in [0.05, 0.1) is 5.02 Å². The Bertz CT molecular complexity index is 596. The lowest BCUT2D eigenvalue weighted by atomic mass is 10.1. The number of pyridine rings is 1. The maximum Gasteiger partial charge on any atom is 0.175 e. The van der Waals surface area contributed by atoms with Crippen LogP contribution in [0.1, 0.15) is 56.6 Å². The van der Waals surface area contributed by atoms with Crippen molar-refractivity contribution in [2.45, 2.75) is 58.4 Å². The van der Waals surface area contributed by atoms with Crippen molar-refractivity contribution in [1.82, 2.24) is 0 Å². The van der Waals surface area contributed by atoms with E-state index in [2.05, 4.69) is 36.0 Å². The molecule has 1 nitrogen and oxygen atoms in total. The van der Waals surface area contributed by atoms with Gasteiger partial charge in [-0.1, -0.05) is 62.2 Å². The normalized spacial score (nSPS) is 10.5. The minimum Gasteiger partial charge on any atom is -1.00 e. The number of aromatic nitrogens is 1. The minimum atomic E-state index is 0. The topological polar surface area (TPSA) is 3.88 Å². The van der Waals surface area contributed by atoms with Gasteiger partial charge in [0.2, 0.25) is 0 Å². The zero-order valence-electron chi connectivity index (χ0n) is 14.3. The molecule has 2 rings (SSSR count). The van der Waals surface area contributed by atoms with E-state index in [0.717, 1.165) is 17.1 Å². The van der Waals surface area contributed by atoms with Gasteiger partial charge in [0, 0.05) is 22.7 Å². The predicted molar refractivity (Wildman–Crippen MR) is 99.3 cm³/mol. The molecule has 0 radical (unpaired) electrons. The van der Waals surface area contributed by atoms with Crippen LogP contribution in [0, 0.1) is 0 Å². The van der Waals surface area contributed by atoms with Gasteiger partial charge in [0.1, 0.15) is 0 Å². The molecule has 1 aromatic heterocycles. The van der Waals surface area contributed by atoms with E-state index < -0.39 is 0 Å². The Balaban J connectivity index is 0.00000288. The molecule has 0 fully saturated rings. The zero-order valence-corrected chi connectivity index (χ0v) is 16.5. The first kappa shape index (κ1) is 21.3. The summed E-state index contributed by atoms with van der Waals surface area (Å²) in [5, 5.41) is 1.40. The second kappa shape index (κ2) is 11.7. The Labute approximate surface area is 162 Å². The van der Waals surface area contributed by atoms with E-state index in [1.807, 2.05) is 12.1 Å². The summed E-state index contributed by atoms with van der Waals surface area (Å²) in [6.45, 7) is 3.03. The van der Waals surface area contributed by atoms with Crippen LogP contribution in [0.5, 0.6) is 0 Å². The average molecular weight is 387 g/mol. The molecule has 4 heteroatoms. The van der Waals surface area contributed by atoms with Crippen molar-refractivity contribution >= 4 is 23.2 Å². The largest absolute Gasteiger partial charge is 1.00 e. The molecule has 132 valence electrons. The molecule has 0 saturated carbocycles. The van der Waals surface area contributed by atoms with Crippen LogP contribution < -0.4 is 17.0 Å². The lowest BCUT2D eigenvalue weighted by molar-refractivity contribution is -0.688. The highest BCUT2D eigenvalue weighted by Gasteiger charge is 2.07. The average Bonchev–Trinajstić information content (AvgIpc) is 2.55. The van der Waals surface area contributed by atoms with Gasteiger partial charge < -0.3 is 12.4 Å². The second-order valence-electron chi connectivity index (χ2n) is 6.13. The van der Waals surface area contributed by atoms with E-state index in [9.17, 15) is 0 Å². The molecule has 0 saturated heterocycles. The third-order valence-corrected chi connectivity index (χ3v) is 4.73. The molecule has 0 N–H and O–H groups in total. The number of nitrogens with zero attached hydrogens (tertiary/aromatic N) is 1. The van der Waals surface area contributed by atoms with Gasteiger partial charge >= 0.3 is 0 Å². The molecule has 2 aromatic rings. The van der Waals surface area contributed by atoms with Crippen molar-refractivity contribution < 1.29 is 17.0 Å². The van der Waals surface area contributed by atoms with Gasteiger partial charge in [-0.15, -0.1) is 0 Å². The fourth-order valence-corrected chi connectivity index (χ4v) is 3.18. The molecule has 0 bridgehead atoms. The summed E-state index contributed by atoms with van der Waals surface area (Å²) in [5.74, 6) is 0. The molecule has 0 atom stereocenters. The number of unbranched alkanes of at least 4 members (excludes halogenated alkanes) is 5. The number of rotatable bonds is 9. The van der Waals surface area contributed by atoms with Crippen LogP contribution in [0.3, 0.4) is 0 Å². The minimum absolute atomic E-state index is 0. The Morgan fingerprint density at radius 3 is 2.21 bits per heavy atom. The number of hydrogen-bond acceptors (Lipinski definition) is 0. The van der Waals surface area contributed by atoms with Crippen LogP contribution in [-0.4, -0.2) is 0 Å². The Morgan fingerprint density at radius 2 is 1.54 bits per heavy atom. The fourth-order valence-electron chi connectivity index (χ4n) is 2.72. The van der Waals surface area contributed by atoms with Gasteiger partial charge in [-0.2, -0.15) is 0 Å². The maximum absolute atomic E-state index is 6.23. The first-order valence-corrected chi connectivity index (χ1v) is 9.36. The fraction of sp³-hybridized carbons (Fsp3) is 0.450. The standard InChI is InChI=1S/C20H26Cl2N.ClH/c1-2-3-4-5-6-7-8-17-11-13-23(14-12-17)16-18-9-10-19(21)15-20(18)22;/h9-15H,2-8,16H2,1H3;1H/q+1;/p-1. The Kier molecular flexibility index (Phi) is 10.4. The van der Waals surface area contributed by atoms with E-state index in [1.165, 1.54) is 50.5 Å². The first-order chi connectivity index (χ1) is 11.2. The highest BCUT2D eigenvalue weighted by molar-refractivity contribution is 6.35. The number of hydrogen-bond donors (Lipinski definition) is 0. The van der Waals surface area contributed by atoms with Crippen LogP contribution in [0.2, 0.25) is 10.0 Å². The molecule has 1 heterocycles. The number of aryl methyl sites for hydroxylation is 1. The lowest BCUT2D eigenvalue weighted by Gasteiger charge is -2.04. The maximum atomic E-state index is 6.23. The van der Waals surface area contributed by atoms with E-state index >= 15 is 0 Å². The molecular weight excluding hydrogens is 361 g/mol. The summed E-state index contributed by atoms with van der Waals surface area (Å²) in [6, 6.07) is 10.1. The first-order valence-electron chi connectivity index (χ1n) is 8.61. The van der Waals surface area contributed by atoms with Crippen molar-refractivity contribution in [3.05, 3.63) is 63.9 Å². The van der Waals surface area contributed by atoms with Crippen LogP contribution in [0.4, 0.5) is 0 Å². The molecule has 0 aliphatic carbocycles. The summed E-state index contributed by atoms with van der Waals surface area (Å²) in [6.07, 6.45) is 13.5. The smallest absolute Gasteiger partial charge is 0.175 e. The van der Waals surface area contributed by atoms with Crippen LogP contribution in [0.15, 0.2) is 42.7 Å². The molecule has 0 unspecified atom stereocenters. The summed E-state index contributed by atoms with van der Waals surface area (Å²) < 4.78 is 2.15. The van der Waals surface area contributed by atoms with E-state index in [4.69, 9.17) is 23.2 Å². The number of benzene rings is 1. The van der Waals surface area contributed by atoms with Crippen LogP contribution in [-0.2, 0) is 13.0 Å². The summed E-state index contributed by atoms with van der Waals surface area (Å²) in [5.41, 5.74) is 2.50. The summed E-state index contributed by atoms with van der Waals surface area (Å²) >= 11 is 12.2. The third-order valence-electron chi connectivity index (χ3n) is 4.15. The van der Waals surface area contributed by atoms with Crippen molar-refractivity contribution in [2.24, 2.45) is 0 Å². The monoisotopic (exact) mass is 385 g/mol. The molecule has 0 aliphatic heterocycles. The van der Waals surface area contributed by atoms with E-state index in [-0.39, 0.29) is 12.4 Å². The van der Waals surface area contributed by atoms with Gasteiger partial charge in [-0.3, -0.25) is 0 Å². The molecule has 0 spiro atoms. The van der Waals surface area contributed by atoms with Gasteiger partial charge in [-0.05, 0) is 36.6 Å². The number of halogens is 3. The third kappa shape index (κ3) is 7.42. The quantitative estimate of drug-likeness (QED) is 0.460. The highest BCUT2D eigenvalue weighted by atomic mass is 35.5. The van der Waals surface area contributed by atoms with Gasteiger partial charge in [-0.25, -0.2) is 4.57 Å². The molecular formula is C20H26Cl3N. The predicted octanol–water partition coefficient (Wildman–Crippen LogP) is 3.24. The molecule has 0 amide bonds. The summed E-state index contributed by atoms with van der Waals surface area (Å²) in [4.78, 5) is 0. The SMILES string of the molecule is CCCCCCCCc1cc[n+](Cc2ccc(Cl)cc2Cl)cc1.[Cl-]. The molecule has 24 heavy (non-hydrogen) atoms. The molecule has 1 aromatic carbocycles. The van der Waals surface area contributed by atoms with Crippen molar-refractivity contribution in [3.8, 4) is 0 Å². The highest BCUT2D eigenvalue weighted by Crippen LogP contribution is 2.20. The van der Waals surface area contributed by atoms with Crippen LogP contribution >= 0.6 is 23.2 Å². The van der Waals surface area contributed by atoms with E-state index in [0.29, 0.717) is 5.02 Å². The Morgan fingerprint density at radius 1 is 0.875 bits per heavy atom.